The normalized spacial score (nSPS) is 17.2. The summed E-state index contributed by atoms with van der Waals surface area (Å²) in [5.41, 5.74) is 0.729. The maximum absolute atomic E-state index is 13.4. The van der Waals surface area contributed by atoms with Crippen molar-refractivity contribution in [3.8, 4) is 17.2 Å². The molecule has 188 valence electrons. The fourth-order valence-electron chi connectivity index (χ4n) is 4.31. The molecule has 1 fully saturated rings. The predicted octanol–water partition coefficient (Wildman–Crippen LogP) is 4.13. The molecule has 8 nitrogen and oxygen atoms in total. The Morgan fingerprint density at radius 3 is 2.23 bits per heavy atom. The molecule has 1 amide bonds. The van der Waals surface area contributed by atoms with Crippen molar-refractivity contribution in [3.05, 3.63) is 58.1 Å². The van der Waals surface area contributed by atoms with E-state index in [1.165, 1.54) is 38.4 Å². The van der Waals surface area contributed by atoms with E-state index in [1.807, 2.05) is 13.8 Å². The van der Waals surface area contributed by atoms with Gasteiger partial charge in [-0.3, -0.25) is 9.59 Å². The fourth-order valence-corrected chi connectivity index (χ4v) is 4.54. The zero-order valence-electron chi connectivity index (χ0n) is 20.6. The monoisotopic (exact) mass is 502 g/mol. The standard InChI is InChI=1S/C26H31ClN2O6/c1-6-28(7-2)12-13-29-23(16-10-8-9-11-19(16)33-3)22(25(31)26(29)32)24(30)17-14-21(35-5)18(27)15-20(17)34-4/h8-11,14-15,23,30H,6-7,12-13H2,1-5H3/b24-22+. The van der Waals surface area contributed by atoms with Gasteiger partial charge in [-0.2, -0.15) is 0 Å². The predicted molar refractivity (Wildman–Crippen MR) is 134 cm³/mol. The van der Waals surface area contributed by atoms with Crippen LogP contribution < -0.4 is 14.2 Å². The van der Waals surface area contributed by atoms with Gasteiger partial charge in [0, 0.05) is 24.7 Å². The molecule has 2 aromatic rings. The number of Topliss-reactive ketones (excluding diaryl/α,β-unsaturated/α-hetero) is 1. The largest absolute Gasteiger partial charge is 0.507 e. The van der Waals surface area contributed by atoms with Crippen LogP contribution in [0.4, 0.5) is 0 Å². The zero-order chi connectivity index (χ0) is 25.7. The van der Waals surface area contributed by atoms with E-state index in [1.54, 1.807) is 24.3 Å². The first-order valence-electron chi connectivity index (χ1n) is 11.4. The minimum atomic E-state index is -0.854. The average Bonchev–Trinajstić information content (AvgIpc) is 3.13. The number of halogens is 1. The summed E-state index contributed by atoms with van der Waals surface area (Å²) in [5, 5.41) is 11.7. The number of benzene rings is 2. The summed E-state index contributed by atoms with van der Waals surface area (Å²) in [5.74, 6) is -0.821. The highest BCUT2D eigenvalue weighted by atomic mass is 35.5. The molecule has 9 heteroatoms. The lowest BCUT2D eigenvalue weighted by Crippen LogP contribution is -2.38. The van der Waals surface area contributed by atoms with Gasteiger partial charge in [-0.05, 0) is 25.2 Å². The molecular formula is C26H31ClN2O6. The Balaban J connectivity index is 2.24. The number of para-hydroxylation sites is 1. The second-order valence-corrected chi connectivity index (χ2v) is 8.36. The number of methoxy groups -OCH3 is 3. The highest BCUT2D eigenvalue weighted by Gasteiger charge is 2.47. The number of aliphatic hydroxyl groups is 1. The number of ether oxygens (including phenoxy) is 3. The Labute approximate surface area is 210 Å². The third-order valence-electron chi connectivity index (χ3n) is 6.25. The van der Waals surface area contributed by atoms with Crippen LogP contribution in [-0.2, 0) is 9.59 Å². The molecule has 0 spiro atoms. The minimum Gasteiger partial charge on any atom is -0.507 e. The molecule has 0 saturated carbocycles. The minimum absolute atomic E-state index is 0.0540. The van der Waals surface area contributed by atoms with Gasteiger partial charge in [0.15, 0.2) is 0 Å². The summed E-state index contributed by atoms with van der Waals surface area (Å²) >= 11 is 6.23. The van der Waals surface area contributed by atoms with Crippen LogP contribution >= 0.6 is 11.6 Å². The van der Waals surface area contributed by atoms with Crippen LogP contribution in [0.25, 0.3) is 5.76 Å². The van der Waals surface area contributed by atoms with Gasteiger partial charge >= 0.3 is 0 Å². The van der Waals surface area contributed by atoms with Crippen LogP contribution in [0.1, 0.15) is 31.0 Å². The van der Waals surface area contributed by atoms with Gasteiger partial charge in [0.1, 0.15) is 23.0 Å². The summed E-state index contributed by atoms with van der Waals surface area (Å²) in [7, 11) is 4.39. The van der Waals surface area contributed by atoms with Gasteiger partial charge in [0.25, 0.3) is 11.7 Å². The van der Waals surface area contributed by atoms with E-state index in [0.717, 1.165) is 13.1 Å². The van der Waals surface area contributed by atoms with E-state index in [-0.39, 0.29) is 27.7 Å². The Morgan fingerprint density at radius 2 is 1.63 bits per heavy atom. The molecule has 1 aliphatic rings. The summed E-state index contributed by atoms with van der Waals surface area (Å²) in [6, 6.07) is 9.26. The highest BCUT2D eigenvalue weighted by Crippen LogP contribution is 2.45. The second kappa shape index (κ2) is 11.5. The smallest absolute Gasteiger partial charge is 0.295 e. The van der Waals surface area contributed by atoms with E-state index in [2.05, 4.69) is 4.90 Å². The SMILES string of the molecule is CCN(CC)CCN1C(=O)C(=O)/C(=C(/O)c2cc(OC)c(Cl)cc2OC)C1c1ccccc1OC. The van der Waals surface area contributed by atoms with Crippen LogP contribution in [-0.4, -0.2) is 74.1 Å². The first-order valence-corrected chi connectivity index (χ1v) is 11.8. The lowest BCUT2D eigenvalue weighted by molar-refractivity contribution is -0.140. The molecule has 1 atom stereocenters. The molecule has 1 N–H and O–H groups in total. The van der Waals surface area contributed by atoms with E-state index in [4.69, 9.17) is 25.8 Å². The quantitative estimate of drug-likeness (QED) is 0.297. The maximum atomic E-state index is 13.4. The van der Waals surface area contributed by atoms with Gasteiger partial charge in [-0.1, -0.05) is 43.6 Å². The van der Waals surface area contributed by atoms with Crippen molar-refractivity contribution in [1.82, 2.24) is 9.80 Å². The summed E-state index contributed by atoms with van der Waals surface area (Å²) in [6.45, 7) is 6.56. The van der Waals surface area contributed by atoms with E-state index in [0.29, 0.717) is 30.2 Å². The molecule has 35 heavy (non-hydrogen) atoms. The summed E-state index contributed by atoms with van der Waals surface area (Å²) in [4.78, 5) is 30.3. The molecule has 1 saturated heterocycles. The van der Waals surface area contributed by atoms with E-state index >= 15 is 0 Å². The third-order valence-corrected chi connectivity index (χ3v) is 6.55. The average molecular weight is 503 g/mol. The molecule has 0 aliphatic carbocycles. The number of hydrogen-bond donors (Lipinski definition) is 1. The summed E-state index contributed by atoms with van der Waals surface area (Å²) < 4.78 is 16.3. The molecule has 1 unspecified atom stereocenters. The van der Waals surface area contributed by atoms with Crippen LogP contribution in [0.15, 0.2) is 42.0 Å². The maximum Gasteiger partial charge on any atom is 0.295 e. The van der Waals surface area contributed by atoms with Gasteiger partial charge in [-0.25, -0.2) is 0 Å². The second-order valence-electron chi connectivity index (χ2n) is 7.95. The van der Waals surface area contributed by atoms with Crippen LogP contribution in [0, 0.1) is 0 Å². The van der Waals surface area contributed by atoms with Crippen molar-refractivity contribution < 1.29 is 28.9 Å². The number of nitrogens with zero attached hydrogens (tertiary/aromatic N) is 2. The van der Waals surface area contributed by atoms with Crippen LogP contribution in [0.5, 0.6) is 17.2 Å². The highest BCUT2D eigenvalue weighted by molar-refractivity contribution is 6.46. The number of carbonyl (C=O) groups excluding carboxylic acids is 2. The van der Waals surface area contributed by atoms with E-state index < -0.39 is 17.7 Å². The molecular weight excluding hydrogens is 472 g/mol. The number of carbonyl (C=O) groups is 2. The summed E-state index contributed by atoms with van der Waals surface area (Å²) in [6.07, 6.45) is 0. The van der Waals surface area contributed by atoms with Crippen LogP contribution in [0.2, 0.25) is 5.02 Å². The van der Waals surface area contributed by atoms with Crippen molar-refractivity contribution in [3.63, 3.8) is 0 Å². The molecule has 1 heterocycles. The number of rotatable bonds is 10. The molecule has 1 aliphatic heterocycles. The number of aliphatic hydroxyl groups excluding tert-OH is 1. The van der Waals surface area contributed by atoms with Crippen LogP contribution in [0.3, 0.4) is 0 Å². The third kappa shape index (κ3) is 5.09. The van der Waals surface area contributed by atoms with Gasteiger partial charge in [0.2, 0.25) is 0 Å². The Morgan fingerprint density at radius 1 is 1.00 bits per heavy atom. The first-order chi connectivity index (χ1) is 16.8. The van der Waals surface area contributed by atoms with Crippen molar-refractivity contribution in [2.24, 2.45) is 0 Å². The lowest BCUT2D eigenvalue weighted by Gasteiger charge is -2.29. The van der Waals surface area contributed by atoms with Crippen molar-refractivity contribution in [2.75, 3.05) is 47.5 Å². The van der Waals surface area contributed by atoms with Gasteiger partial charge in [-0.15, -0.1) is 0 Å². The van der Waals surface area contributed by atoms with Gasteiger partial charge < -0.3 is 29.1 Å². The van der Waals surface area contributed by atoms with Crippen molar-refractivity contribution in [2.45, 2.75) is 19.9 Å². The molecule has 0 aromatic heterocycles. The zero-order valence-corrected chi connectivity index (χ0v) is 21.4. The Kier molecular flexibility index (Phi) is 8.64. The number of amides is 1. The topological polar surface area (TPSA) is 88.5 Å². The fraction of sp³-hybridized carbons (Fsp3) is 0.385. The molecule has 0 radical (unpaired) electrons. The first kappa shape index (κ1) is 26.4. The number of likely N-dealkylation sites (tertiary alicyclic amines) is 1. The number of hydrogen-bond acceptors (Lipinski definition) is 7. The van der Waals surface area contributed by atoms with E-state index in [9.17, 15) is 14.7 Å². The van der Waals surface area contributed by atoms with Gasteiger partial charge in [0.05, 0.1) is 43.5 Å². The molecule has 3 rings (SSSR count). The number of likely N-dealkylation sites (N-methyl/N-ethyl adjacent to an activating group) is 1. The van der Waals surface area contributed by atoms with Crippen molar-refractivity contribution in [1.29, 1.82) is 0 Å². The van der Waals surface area contributed by atoms with Crippen molar-refractivity contribution >= 4 is 29.1 Å². The molecule has 2 aromatic carbocycles. The number of ketones is 1. The Bertz CT molecular complexity index is 1130. The Hall–Kier alpha value is -3.23. The lowest BCUT2D eigenvalue weighted by atomic mass is 9.94. The molecule has 0 bridgehead atoms.